The molecule has 1 atom stereocenters. The number of carbonyl (C=O) groups is 4. The van der Waals surface area contributed by atoms with Crippen molar-refractivity contribution in [1.82, 2.24) is 35.2 Å². The molecule has 4 heterocycles. The maximum atomic E-state index is 14.9. The van der Waals surface area contributed by atoms with Crippen LogP contribution in [0, 0.1) is 12.3 Å². The molecule has 5 aromatic rings. The molecule has 1 N–H and O–H groups in total. The lowest BCUT2D eigenvalue weighted by Crippen LogP contribution is -2.50. The van der Waals surface area contributed by atoms with E-state index < -0.39 is 0 Å². The molecule has 414 valence electrons. The van der Waals surface area contributed by atoms with Gasteiger partial charge in [-0.25, -0.2) is 4.58 Å². The zero-order valence-corrected chi connectivity index (χ0v) is 48.5. The van der Waals surface area contributed by atoms with Crippen LogP contribution in [-0.2, 0) is 43.8 Å². The lowest BCUT2D eigenvalue weighted by Gasteiger charge is -2.48. The summed E-state index contributed by atoms with van der Waals surface area (Å²) < 4.78 is 8.67. The second-order valence-electron chi connectivity index (χ2n) is 25.0. The van der Waals surface area contributed by atoms with Gasteiger partial charge < -0.3 is 19.9 Å². The zero-order chi connectivity index (χ0) is 56.0. The number of rotatable bonds is 17. The van der Waals surface area contributed by atoms with E-state index in [0.29, 0.717) is 86.9 Å². The van der Waals surface area contributed by atoms with E-state index in [4.69, 9.17) is 4.74 Å². The highest BCUT2D eigenvalue weighted by Gasteiger charge is 2.43. The minimum atomic E-state index is -0.370. The van der Waals surface area contributed by atoms with Gasteiger partial charge in [0.2, 0.25) is 17.1 Å². The predicted octanol–water partition coefficient (Wildman–Crippen LogP) is 8.89. The van der Waals surface area contributed by atoms with Gasteiger partial charge in [-0.3, -0.25) is 19.2 Å². The molecule has 1 unspecified atom stereocenters. The first kappa shape index (κ1) is 55.6. The maximum Gasteiger partial charge on any atom is 0.254 e. The summed E-state index contributed by atoms with van der Waals surface area (Å²) in [4.78, 5) is 59.4. The number of hydrogen-bond donors (Lipinski definition) is 1. The number of nitrogens with one attached hydrogen (secondary N) is 1. The second-order valence-corrected chi connectivity index (χ2v) is 25.0. The molecular weight excluding hydrogens is 985 g/mol. The van der Waals surface area contributed by atoms with Crippen LogP contribution in [0.1, 0.15) is 180 Å². The Bertz CT molecular complexity index is 3370. The fourth-order valence-electron chi connectivity index (χ4n) is 14.1. The predicted molar refractivity (Wildman–Crippen MR) is 311 cm³/mol. The average Bonchev–Trinajstić information content (AvgIpc) is 3.34. The van der Waals surface area contributed by atoms with Crippen molar-refractivity contribution < 1.29 is 23.9 Å². The standard InChI is InChI=1S/C66H80N8O5/c1-11-74-54-37-53-51(36-50(54)41(2)38-65(74,6)7)59(52-35-46-17-14-31-73-32-15-20-49(61(46)73)60(52)66(53,8)9)47-18-12-13-19-48(47)63(78)72(10)30-16-21-57(77)67-29-34-79-33-28-44(58-55(75)39-64(4,5)40-56(58)76)25-22-43-23-26-45(27-24-43)62-70-68-42(3)69-71-62/h12-13,18-19,23-24,26-27,35-37,41H,11,14-17,20-22,25,28-34,38-40H2,1-10H3/p+1. The molecule has 4 aromatic carbocycles. The van der Waals surface area contributed by atoms with Crippen molar-refractivity contribution in [2.24, 2.45) is 5.41 Å². The number of Topliss-reactive ketones (excluding diaryl/α,β-unsaturated/α-hetero) is 2. The van der Waals surface area contributed by atoms with E-state index in [0.717, 1.165) is 79.6 Å². The molecule has 13 nitrogen and oxygen atoms in total. The van der Waals surface area contributed by atoms with Gasteiger partial charge in [0.15, 0.2) is 17.4 Å². The van der Waals surface area contributed by atoms with Gasteiger partial charge in [-0.1, -0.05) is 82.7 Å². The minimum absolute atomic E-state index is 0.0287. The van der Waals surface area contributed by atoms with Crippen LogP contribution in [0.3, 0.4) is 0 Å². The Morgan fingerprint density at radius 3 is 2.28 bits per heavy atom. The van der Waals surface area contributed by atoms with E-state index in [-0.39, 0.29) is 52.8 Å². The number of hydrogen-bond acceptors (Lipinski definition) is 10. The quantitative estimate of drug-likeness (QED) is 0.0414. The molecule has 0 bridgehead atoms. The number of ether oxygens (including phenoxy) is 1. The Morgan fingerprint density at radius 1 is 0.848 bits per heavy atom. The van der Waals surface area contributed by atoms with Crippen LogP contribution in [0.15, 0.2) is 77.9 Å². The number of aromatic nitrogens is 4. The lowest BCUT2D eigenvalue weighted by atomic mass is 9.64. The van der Waals surface area contributed by atoms with E-state index in [1.54, 1.807) is 11.8 Å². The van der Waals surface area contributed by atoms with Gasteiger partial charge in [0, 0.05) is 97.7 Å². The summed E-state index contributed by atoms with van der Waals surface area (Å²) >= 11 is 0. The second kappa shape index (κ2) is 22.4. The fourth-order valence-corrected chi connectivity index (χ4v) is 14.1. The molecule has 3 aliphatic heterocycles. The molecule has 0 radical (unpaired) electrons. The summed E-state index contributed by atoms with van der Waals surface area (Å²) in [6.45, 7) is 24.4. The van der Waals surface area contributed by atoms with Gasteiger partial charge in [0.25, 0.3) is 5.91 Å². The van der Waals surface area contributed by atoms with Crippen molar-refractivity contribution in [3.05, 3.63) is 144 Å². The first-order valence-electron chi connectivity index (χ1n) is 29.1. The highest BCUT2D eigenvalue weighted by Crippen LogP contribution is 2.50. The number of ketones is 2. The first-order valence-corrected chi connectivity index (χ1v) is 29.1. The average molecular weight is 1070 g/mol. The summed E-state index contributed by atoms with van der Waals surface area (Å²) in [7, 11) is 1.85. The zero-order valence-electron chi connectivity index (χ0n) is 48.5. The molecule has 13 heteroatoms. The first-order chi connectivity index (χ1) is 37.8. The highest BCUT2D eigenvalue weighted by atomic mass is 16.5. The van der Waals surface area contributed by atoms with Crippen molar-refractivity contribution in [1.29, 1.82) is 0 Å². The van der Waals surface area contributed by atoms with Crippen LogP contribution in [0.4, 0.5) is 5.69 Å². The molecule has 2 aliphatic carbocycles. The molecule has 0 saturated heterocycles. The van der Waals surface area contributed by atoms with Crippen molar-refractivity contribution in [3.8, 4) is 11.4 Å². The number of amides is 2. The smallest absolute Gasteiger partial charge is 0.254 e. The molecule has 0 spiro atoms. The van der Waals surface area contributed by atoms with Gasteiger partial charge >= 0.3 is 0 Å². The lowest BCUT2D eigenvalue weighted by molar-refractivity contribution is -0.127. The Kier molecular flexibility index (Phi) is 15.8. The Hall–Kier alpha value is -6.73. The number of fused-ring (bicyclic) bond motifs is 4. The molecular formula is C66H81N8O5+. The van der Waals surface area contributed by atoms with E-state index in [1.165, 1.54) is 49.6 Å². The van der Waals surface area contributed by atoms with Crippen LogP contribution in [0.25, 0.3) is 17.0 Å². The van der Waals surface area contributed by atoms with Crippen LogP contribution in [-0.4, -0.2) is 107 Å². The molecule has 2 amide bonds. The van der Waals surface area contributed by atoms with E-state index >= 15 is 0 Å². The third kappa shape index (κ3) is 11.1. The van der Waals surface area contributed by atoms with Crippen LogP contribution < -0.4 is 25.4 Å². The number of carbonyl (C=O) groups excluding carboxylic acids is 4. The molecule has 1 aromatic heterocycles. The summed E-state index contributed by atoms with van der Waals surface area (Å²) in [6, 6.07) is 23.6. The van der Waals surface area contributed by atoms with Gasteiger partial charge in [0.1, 0.15) is 13.1 Å². The SMILES string of the molecule is CCN1c2cc3c(cc2C(C)CC1(C)C)C(c1ccccc1C(=O)N(C)CCCC(=O)NCCOCCC(CCc1ccc(-c2nnc(C)nn2)cc1)=C1C(=O)CC(C)(C)CC1=O)=c1cc2c4c(c1C3(C)C)CCC[N+]=4CCC2. The molecule has 79 heavy (non-hydrogen) atoms. The number of anilines is 1. The summed E-state index contributed by atoms with van der Waals surface area (Å²) in [6.07, 6.45) is 8.50. The third-order valence-electron chi connectivity index (χ3n) is 17.7. The molecule has 1 saturated carbocycles. The summed E-state index contributed by atoms with van der Waals surface area (Å²) in [5, 5.41) is 22.0. The fraction of sp³-hybridized carbons (Fsp3) is 0.500. The normalized spacial score (nSPS) is 18.6. The van der Waals surface area contributed by atoms with Gasteiger partial charge in [-0.05, 0) is 152 Å². The number of nitrogens with zero attached hydrogens (tertiary/aromatic N) is 7. The van der Waals surface area contributed by atoms with E-state index in [1.807, 2.05) is 57.3 Å². The Balaban J connectivity index is 0.805. The Morgan fingerprint density at radius 2 is 1.56 bits per heavy atom. The molecule has 10 rings (SSSR count). The number of aryl methyl sites for hydroxylation is 3. The minimum Gasteiger partial charge on any atom is -0.379 e. The number of benzene rings is 4. The van der Waals surface area contributed by atoms with Crippen LogP contribution >= 0.6 is 0 Å². The molecule has 1 fully saturated rings. The van der Waals surface area contributed by atoms with Gasteiger partial charge in [0.05, 0.1) is 18.8 Å². The van der Waals surface area contributed by atoms with Crippen molar-refractivity contribution >= 4 is 34.6 Å². The van der Waals surface area contributed by atoms with E-state index in [9.17, 15) is 19.2 Å². The summed E-state index contributed by atoms with van der Waals surface area (Å²) in [5.41, 5.74) is 14.8. The Labute approximate surface area is 467 Å². The van der Waals surface area contributed by atoms with Crippen molar-refractivity contribution in [2.45, 2.75) is 156 Å². The van der Waals surface area contributed by atoms with Gasteiger partial charge in [-0.2, -0.15) is 0 Å². The monoisotopic (exact) mass is 1070 g/mol. The van der Waals surface area contributed by atoms with Crippen molar-refractivity contribution in [2.75, 3.05) is 57.9 Å². The topological polar surface area (TPSA) is 151 Å². The third-order valence-corrected chi connectivity index (χ3v) is 17.7. The molecule has 5 aliphatic rings. The largest absolute Gasteiger partial charge is 0.379 e. The van der Waals surface area contributed by atoms with Crippen LogP contribution in [0.2, 0.25) is 0 Å². The van der Waals surface area contributed by atoms with E-state index in [2.05, 4.69) is 107 Å². The summed E-state index contributed by atoms with van der Waals surface area (Å²) in [5.74, 6) is 0.950. The van der Waals surface area contributed by atoms with Gasteiger partial charge in [-0.15, -0.1) is 20.4 Å². The maximum absolute atomic E-state index is 14.9. The van der Waals surface area contributed by atoms with Crippen molar-refractivity contribution in [3.63, 3.8) is 0 Å². The number of allylic oxidation sites excluding steroid dienone is 1. The highest BCUT2D eigenvalue weighted by molar-refractivity contribution is 6.22. The van der Waals surface area contributed by atoms with Crippen LogP contribution in [0.5, 0.6) is 0 Å².